The maximum atomic E-state index is 12.5. The number of benzene rings is 1. The highest BCUT2D eigenvalue weighted by Gasteiger charge is 2.32. The first-order valence-electron chi connectivity index (χ1n) is 5.89. The summed E-state index contributed by atoms with van der Waals surface area (Å²) in [6.07, 6.45) is 2.75. The molecule has 1 fully saturated rings. The Hall–Kier alpha value is -0.290. The highest BCUT2D eigenvalue weighted by Crippen LogP contribution is 2.26. The van der Waals surface area contributed by atoms with Crippen LogP contribution in [0.3, 0.4) is 0 Å². The molecule has 0 saturated carbocycles. The van der Waals surface area contributed by atoms with E-state index in [1.54, 1.807) is 12.1 Å². The lowest BCUT2D eigenvalue weighted by atomic mass is 10.1. The molecule has 1 unspecified atom stereocenters. The van der Waals surface area contributed by atoms with Crippen LogP contribution in [0, 0.1) is 0 Å². The molecule has 0 N–H and O–H groups in total. The third-order valence-corrected chi connectivity index (χ3v) is 5.75. The first kappa shape index (κ1) is 14.1. The van der Waals surface area contributed by atoms with Gasteiger partial charge in [-0.2, -0.15) is 4.31 Å². The minimum atomic E-state index is -3.45. The second-order valence-corrected chi connectivity index (χ2v) is 7.01. The lowest BCUT2D eigenvalue weighted by Crippen LogP contribution is -2.44. The molecule has 0 bridgehead atoms. The van der Waals surface area contributed by atoms with E-state index in [0.29, 0.717) is 17.4 Å². The minimum Gasteiger partial charge on any atom is -0.207 e. The van der Waals surface area contributed by atoms with E-state index in [9.17, 15) is 8.42 Å². The summed E-state index contributed by atoms with van der Waals surface area (Å²) in [6.45, 7) is 0.544. The Morgan fingerprint density at radius 2 is 1.89 bits per heavy atom. The summed E-state index contributed by atoms with van der Waals surface area (Å²) in [5, 5.41) is 0.529. The number of hydrogen-bond acceptors (Lipinski definition) is 2. The molecular weight excluding hydrogens is 293 g/mol. The first-order chi connectivity index (χ1) is 8.55. The molecule has 1 aromatic rings. The Morgan fingerprint density at radius 1 is 1.22 bits per heavy atom. The summed E-state index contributed by atoms with van der Waals surface area (Å²) < 4.78 is 26.5. The molecule has 100 valence electrons. The summed E-state index contributed by atoms with van der Waals surface area (Å²) in [6, 6.07) is 6.17. The van der Waals surface area contributed by atoms with Crippen molar-refractivity contribution in [1.29, 1.82) is 0 Å². The number of halogens is 2. The highest BCUT2D eigenvalue weighted by molar-refractivity contribution is 7.89. The second-order valence-electron chi connectivity index (χ2n) is 4.37. The number of hydrogen-bond donors (Lipinski definition) is 0. The van der Waals surface area contributed by atoms with E-state index in [4.69, 9.17) is 23.2 Å². The Bertz CT molecular complexity index is 501. The zero-order chi connectivity index (χ0) is 13.2. The number of nitrogens with zero attached hydrogens (tertiary/aromatic N) is 1. The molecule has 1 aliphatic rings. The minimum absolute atomic E-state index is 0.0962. The average Bonchev–Trinajstić information content (AvgIpc) is 2.39. The molecule has 1 saturated heterocycles. The van der Waals surface area contributed by atoms with Crippen LogP contribution in [0.2, 0.25) is 5.02 Å². The van der Waals surface area contributed by atoms with Gasteiger partial charge in [0.1, 0.15) is 0 Å². The fraction of sp³-hybridized carbons (Fsp3) is 0.500. The van der Waals surface area contributed by atoms with Gasteiger partial charge < -0.3 is 0 Å². The predicted octanol–water partition coefficient (Wildman–Crippen LogP) is 3.12. The molecule has 3 nitrogen and oxygen atoms in total. The van der Waals surface area contributed by atoms with Crippen molar-refractivity contribution in [2.24, 2.45) is 0 Å². The molecule has 1 heterocycles. The Kier molecular flexibility index (Phi) is 4.54. The maximum absolute atomic E-state index is 12.5. The fourth-order valence-electron chi connectivity index (χ4n) is 2.19. The zero-order valence-electron chi connectivity index (χ0n) is 9.85. The molecule has 2 rings (SSSR count). The summed E-state index contributed by atoms with van der Waals surface area (Å²) in [7, 11) is -3.45. The van der Waals surface area contributed by atoms with Gasteiger partial charge in [-0.1, -0.05) is 18.0 Å². The molecule has 0 aliphatic carbocycles. The van der Waals surface area contributed by atoms with Gasteiger partial charge >= 0.3 is 0 Å². The van der Waals surface area contributed by atoms with Gasteiger partial charge in [-0.25, -0.2) is 8.42 Å². The molecule has 1 aliphatic heterocycles. The van der Waals surface area contributed by atoms with Crippen LogP contribution in [-0.4, -0.2) is 31.2 Å². The lowest BCUT2D eigenvalue weighted by molar-refractivity contribution is 0.271. The van der Waals surface area contributed by atoms with Crippen molar-refractivity contribution in [3.8, 4) is 0 Å². The van der Waals surface area contributed by atoms with Crippen molar-refractivity contribution in [2.45, 2.75) is 30.2 Å². The third-order valence-electron chi connectivity index (χ3n) is 3.17. The molecule has 0 spiro atoms. The Labute approximate surface area is 118 Å². The van der Waals surface area contributed by atoms with Crippen molar-refractivity contribution >= 4 is 33.2 Å². The number of rotatable bonds is 3. The van der Waals surface area contributed by atoms with Crippen molar-refractivity contribution in [3.05, 3.63) is 29.3 Å². The number of sulfonamides is 1. The summed E-state index contributed by atoms with van der Waals surface area (Å²) >= 11 is 11.6. The highest BCUT2D eigenvalue weighted by atomic mass is 35.5. The first-order valence-corrected chi connectivity index (χ1v) is 8.24. The van der Waals surface area contributed by atoms with E-state index in [0.717, 1.165) is 19.3 Å². The predicted molar refractivity (Wildman–Crippen MR) is 73.7 cm³/mol. The summed E-state index contributed by atoms with van der Waals surface area (Å²) in [5.74, 6) is 0.340. The van der Waals surface area contributed by atoms with Gasteiger partial charge in [0.2, 0.25) is 10.0 Å². The van der Waals surface area contributed by atoms with Gasteiger partial charge in [-0.3, -0.25) is 0 Å². The van der Waals surface area contributed by atoms with E-state index in [1.165, 1.54) is 16.4 Å². The van der Waals surface area contributed by atoms with Crippen LogP contribution in [0.4, 0.5) is 0 Å². The van der Waals surface area contributed by atoms with Crippen LogP contribution >= 0.6 is 23.2 Å². The van der Waals surface area contributed by atoms with Crippen LogP contribution in [0.25, 0.3) is 0 Å². The van der Waals surface area contributed by atoms with Crippen molar-refractivity contribution in [1.82, 2.24) is 4.31 Å². The monoisotopic (exact) mass is 307 g/mol. The molecule has 1 atom stereocenters. The number of alkyl halides is 1. The summed E-state index contributed by atoms with van der Waals surface area (Å²) in [5.41, 5.74) is 0. The second kappa shape index (κ2) is 5.78. The quantitative estimate of drug-likeness (QED) is 0.805. The summed E-state index contributed by atoms with van der Waals surface area (Å²) in [4.78, 5) is 0.281. The van der Waals surface area contributed by atoms with Crippen molar-refractivity contribution in [2.75, 3.05) is 12.4 Å². The van der Waals surface area contributed by atoms with Crippen LogP contribution in [0.15, 0.2) is 29.2 Å². The normalized spacial score (nSPS) is 22.0. The fourth-order valence-corrected chi connectivity index (χ4v) is 4.41. The molecule has 0 aromatic heterocycles. The van der Waals surface area contributed by atoms with E-state index < -0.39 is 10.0 Å². The smallest absolute Gasteiger partial charge is 0.207 e. The Morgan fingerprint density at radius 3 is 2.50 bits per heavy atom. The lowest BCUT2D eigenvalue weighted by Gasteiger charge is -2.33. The Balaban J connectivity index is 2.32. The van der Waals surface area contributed by atoms with Gasteiger partial charge in [-0.05, 0) is 37.1 Å². The average molecular weight is 308 g/mol. The molecule has 1 aromatic carbocycles. The zero-order valence-corrected chi connectivity index (χ0v) is 12.2. The van der Waals surface area contributed by atoms with E-state index >= 15 is 0 Å². The van der Waals surface area contributed by atoms with Gasteiger partial charge in [0.05, 0.1) is 4.90 Å². The molecule has 6 heteroatoms. The molecule has 0 radical (unpaired) electrons. The van der Waals surface area contributed by atoms with Crippen LogP contribution in [-0.2, 0) is 10.0 Å². The van der Waals surface area contributed by atoms with Crippen LogP contribution in [0.1, 0.15) is 19.3 Å². The third kappa shape index (κ3) is 2.82. The van der Waals surface area contributed by atoms with E-state index in [2.05, 4.69) is 0 Å². The molecule has 0 amide bonds. The van der Waals surface area contributed by atoms with Gasteiger partial charge in [-0.15, -0.1) is 11.6 Å². The topological polar surface area (TPSA) is 37.4 Å². The number of piperidine rings is 1. The van der Waals surface area contributed by atoms with Crippen LogP contribution in [0.5, 0.6) is 0 Å². The van der Waals surface area contributed by atoms with Crippen molar-refractivity contribution < 1.29 is 8.42 Å². The van der Waals surface area contributed by atoms with Gasteiger partial charge in [0, 0.05) is 23.5 Å². The molecule has 18 heavy (non-hydrogen) atoms. The van der Waals surface area contributed by atoms with Gasteiger partial charge in [0.15, 0.2) is 0 Å². The van der Waals surface area contributed by atoms with Crippen LogP contribution < -0.4 is 0 Å². The largest absolute Gasteiger partial charge is 0.243 e. The van der Waals surface area contributed by atoms with E-state index in [-0.39, 0.29) is 10.9 Å². The standard InChI is InChI=1S/C12H15Cl2NO2S/c13-9-11-3-1-2-8-15(11)18(16,17)12-6-4-10(14)5-7-12/h4-7,11H,1-3,8-9H2. The van der Waals surface area contributed by atoms with E-state index in [1.807, 2.05) is 0 Å². The maximum Gasteiger partial charge on any atom is 0.243 e. The van der Waals surface area contributed by atoms with Gasteiger partial charge in [0.25, 0.3) is 0 Å². The SMILES string of the molecule is O=S(=O)(c1ccc(Cl)cc1)N1CCCCC1CCl. The molecular formula is C12H15Cl2NO2S. The van der Waals surface area contributed by atoms with Crippen molar-refractivity contribution in [3.63, 3.8) is 0 Å².